The lowest BCUT2D eigenvalue weighted by atomic mass is 9.93. The van der Waals surface area contributed by atoms with Crippen molar-refractivity contribution >= 4 is 17.9 Å². The highest BCUT2D eigenvalue weighted by molar-refractivity contribution is 6.30. The van der Waals surface area contributed by atoms with Crippen molar-refractivity contribution < 1.29 is 9.53 Å². The van der Waals surface area contributed by atoms with Crippen LogP contribution in [0.25, 0.3) is 0 Å². The zero-order valence-corrected chi connectivity index (χ0v) is 10.5. The van der Waals surface area contributed by atoms with Gasteiger partial charge in [-0.25, -0.2) is 0 Å². The van der Waals surface area contributed by atoms with Crippen molar-refractivity contribution in [2.24, 2.45) is 0 Å². The van der Waals surface area contributed by atoms with Gasteiger partial charge in [-0.2, -0.15) is 0 Å². The van der Waals surface area contributed by atoms with Gasteiger partial charge in [0.25, 0.3) is 0 Å². The van der Waals surface area contributed by atoms with Crippen molar-refractivity contribution in [3.05, 3.63) is 34.3 Å². The molecule has 0 aromatic heterocycles. The van der Waals surface area contributed by atoms with Gasteiger partial charge in [0.15, 0.2) is 0 Å². The summed E-state index contributed by atoms with van der Waals surface area (Å²) in [5.41, 5.74) is 2.17. The van der Waals surface area contributed by atoms with E-state index in [1.54, 1.807) is 7.11 Å². The average Bonchev–Trinajstić information content (AvgIpc) is 2.27. The summed E-state index contributed by atoms with van der Waals surface area (Å²) in [4.78, 5) is 11.0. The number of ether oxygens (including phenoxy) is 1. The Kier molecular flexibility index (Phi) is 5.50. The van der Waals surface area contributed by atoms with Gasteiger partial charge < -0.3 is 9.53 Å². The molecule has 0 saturated carbocycles. The van der Waals surface area contributed by atoms with Crippen LogP contribution in [0, 0.1) is 0 Å². The largest absolute Gasteiger partial charge is 0.384 e. The number of hydrogen-bond donors (Lipinski definition) is 0. The van der Waals surface area contributed by atoms with Crippen LogP contribution in [0.2, 0.25) is 5.02 Å². The first-order valence-corrected chi connectivity index (χ1v) is 5.83. The van der Waals surface area contributed by atoms with E-state index in [0.717, 1.165) is 30.3 Å². The Hall–Kier alpha value is -0.860. The molecule has 88 valence electrons. The number of halogens is 1. The molecule has 0 amide bonds. The molecule has 3 heteroatoms. The second-order valence-corrected chi connectivity index (χ2v) is 4.23. The highest BCUT2D eigenvalue weighted by atomic mass is 35.5. The minimum absolute atomic E-state index is 0.191. The molecule has 1 aromatic carbocycles. The third-order valence-corrected chi connectivity index (χ3v) is 2.77. The smallest absolute Gasteiger partial charge is 0.129 e. The van der Waals surface area contributed by atoms with Crippen LogP contribution in [0.1, 0.15) is 30.4 Å². The predicted molar refractivity (Wildman–Crippen MR) is 66.1 cm³/mol. The molecule has 0 N–H and O–H groups in total. The number of rotatable bonds is 6. The predicted octanol–water partition coefficient (Wildman–Crippen LogP) is 3.22. The van der Waals surface area contributed by atoms with Gasteiger partial charge in [0.1, 0.15) is 6.29 Å². The Morgan fingerprint density at radius 2 is 2.25 bits per heavy atom. The van der Waals surface area contributed by atoms with Crippen molar-refractivity contribution in [1.29, 1.82) is 0 Å². The van der Waals surface area contributed by atoms with E-state index in [2.05, 4.69) is 6.92 Å². The summed E-state index contributed by atoms with van der Waals surface area (Å²) in [5, 5.41) is 0.717. The Morgan fingerprint density at radius 1 is 1.50 bits per heavy atom. The topological polar surface area (TPSA) is 26.3 Å². The summed E-state index contributed by atoms with van der Waals surface area (Å²) >= 11 is 5.96. The Morgan fingerprint density at radius 3 is 2.81 bits per heavy atom. The molecule has 0 aliphatic heterocycles. The molecule has 1 aromatic rings. The maximum Gasteiger partial charge on any atom is 0.129 e. The van der Waals surface area contributed by atoms with E-state index in [9.17, 15) is 4.79 Å². The zero-order chi connectivity index (χ0) is 12.0. The fourth-order valence-electron chi connectivity index (χ4n) is 1.80. The number of carbonyl (C=O) groups is 1. The summed E-state index contributed by atoms with van der Waals surface area (Å²) in [6.07, 6.45) is 2.90. The van der Waals surface area contributed by atoms with E-state index in [1.807, 2.05) is 18.2 Å². The Labute approximate surface area is 102 Å². The average molecular weight is 241 g/mol. The second-order valence-electron chi connectivity index (χ2n) is 3.79. The van der Waals surface area contributed by atoms with Crippen LogP contribution in [0.4, 0.5) is 0 Å². The molecule has 0 heterocycles. The van der Waals surface area contributed by atoms with E-state index in [0.29, 0.717) is 11.6 Å². The summed E-state index contributed by atoms with van der Waals surface area (Å²) in [7, 11) is 1.60. The fourth-order valence-corrected chi connectivity index (χ4v) is 2.00. The van der Waals surface area contributed by atoms with Gasteiger partial charge >= 0.3 is 0 Å². The van der Waals surface area contributed by atoms with Gasteiger partial charge in [0.05, 0.1) is 12.5 Å². The van der Waals surface area contributed by atoms with E-state index >= 15 is 0 Å². The Balaban J connectivity index is 3.04. The highest BCUT2D eigenvalue weighted by Gasteiger charge is 2.14. The first kappa shape index (κ1) is 13.2. The molecule has 0 spiro atoms. The van der Waals surface area contributed by atoms with E-state index < -0.39 is 0 Å². The minimum atomic E-state index is -0.191. The molecule has 0 radical (unpaired) electrons. The molecule has 0 aliphatic carbocycles. The monoisotopic (exact) mass is 240 g/mol. The molecule has 0 aliphatic rings. The SMILES string of the molecule is CCCc1cc(Cl)ccc1C(C=O)COC. The number of benzene rings is 1. The van der Waals surface area contributed by atoms with Crippen LogP contribution in [-0.4, -0.2) is 20.0 Å². The fraction of sp³-hybridized carbons (Fsp3) is 0.462. The molecule has 1 atom stereocenters. The quantitative estimate of drug-likeness (QED) is 0.714. The lowest BCUT2D eigenvalue weighted by Crippen LogP contribution is -2.10. The third kappa shape index (κ3) is 3.32. The van der Waals surface area contributed by atoms with Crippen LogP contribution in [0.5, 0.6) is 0 Å². The van der Waals surface area contributed by atoms with Gasteiger partial charge in [0, 0.05) is 12.1 Å². The first-order valence-electron chi connectivity index (χ1n) is 5.45. The number of methoxy groups -OCH3 is 1. The van der Waals surface area contributed by atoms with Crippen molar-refractivity contribution in [3.63, 3.8) is 0 Å². The highest BCUT2D eigenvalue weighted by Crippen LogP contribution is 2.24. The lowest BCUT2D eigenvalue weighted by Gasteiger charge is -2.14. The first-order chi connectivity index (χ1) is 7.72. The van der Waals surface area contributed by atoms with Gasteiger partial charge in [-0.15, -0.1) is 0 Å². The number of aryl methyl sites for hydroxylation is 1. The van der Waals surface area contributed by atoms with Crippen molar-refractivity contribution in [2.45, 2.75) is 25.7 Å². The zero-order valence-electron chi connectivity index (χ0n) is 9.70. The summed E-state index contributed by atoms with van der Waals surface area (Å²) in [5.74, 6) is -0.191. The molecule has 0 fully saturated rings. The number of carbonyl (C=O) groups excluding carboxylic acids is 1. The Bertz CT molecular complexity index is 350. The molecule has 0 saturated heterocycles. The minimum Gasteiger partial charge on any atom is -0.384 e. The maximum absolute atomic E-state index is 11.0. The van der Waals surface area contributed by atoms with Crippen LogP contribution in [-0.2, 0) is 16.0 Å². The summed E-state index contributed by atoms with van der Waals surface area (Å²) in [6, 6.07) is 5.68. The van der Waals surface area contributed by atoms with Crippen molar-refractivity contribution in [3.8, 4) is 0 Å². The molecule has 16 heavy (non-hydrogen) atoms. The van der Waals surface area contributed by atoms with E-state index in [4.69, 9.17) is 16.3 Å². The van der Waals surface area contributed by atoms with Gasteiger partial charge in [-0.1, -0.05) is 31.0 Å². The van der Waals surface area contributed by atoms with E-state index in [-0.39, 0.29) is 5.92 Å². The second kappa shape index (κ2) is 6.66. The normalized spacial score (nSPS) is 12.4. The van der Waals surface area contributed by atoms with Crippen molar-refractivity contribution in [2.75, 3.05) is 13.7 Å². The molecule has 1 unspecified atom stereocenters. The molecule has 0 bridgehead atoms. The van der Waals surface area contributed by atoms with Gasteiger partial charge in [-0.3, -0.25) is 0 Å². The van der Waals surface area contributed by atoms with Crippen molar-refractivity contribution in [1.82, 2.24) is 0 Å². The molecule has 2 nitrogen and oxygen atoms in total. The molecular formula is C13H17ClO2. The standard InChI is InChI=1S/C13H17ClO2/c1-3-4-10-7-12(14)5-6-13(10)11(8-15)9-16-2/h5-8,11H,3-4,9H2,1-2H3. The van der Waals surface area contributed by atoms with Crippen LogP contribution in [0.15, 0.2) is 18.2 Å². The van der Waals surface area contributed by atoms with Crippen LogP contribution >= 0.6 is 11.6 Å². The summed E-state index contributed by atoms with van der Waals surface area (Å²) in [6.45, 7) is 2.53. The number of aldehydes is 1. The van der Waals surface area contributed by atoms with Crippen LogP contribution < -0.4 is 0 Å². The number of hydrogen-bond acceptors (Lipinski definition) is 2. The van der Waals surface area contributed by atoms with Crippen LogP contribution in [0.3, 0.4) is 0 Å². The van der Waals surface area contributed by atoms with E-state index in [1.165, 1.54) is 0 Å². The molecule has 1 rings (SSSR count). The third-order valence-electron chi connectivity index (χ3n) is 2.53. The molecular weight excluding hydrogens is 224 g/mol. The van der Waals surface area contributed by atoms with Gasteiger partial charge in [0.2, 0.25) is 0 Å². The van der Waals surface area contributed by atoms with Gasteiger partial charge in [-0.05, 0) is 29.7 Å². The summed E-state index contributed by atoms with van der Waals surface area (Å²) < 4.78 is 5.05. The maximum atomic E-state index is 11.0. The lowest BCUT2D eigenvalue weighted by molar-refractivity contribution is -0.110.